The maximum atomic E-state index is 12.1. The lowest BCUT2D eigenvalue weighted by atomic mass is 10.1. The molecule has 0 bridgehead atoms. The van der Waals surface area contributed by atoms with Gasteiger partial charge < -0.3 is 4.74 Å². The van der Waals surface area contributed by atoms with E-state index in [2.05, 4.69) is 33.4 Å². The first-order chi connectivity index (χ1) is 16.2. The molecule has 4 nitrogen and oxygen atoms in total. The molecule has 0 atom stereocenters. The molecule has 2 aromatic rings. The monoisotopic (exact) mass is 514 g/mol. The van der Waals surface area contributed by atoms with Gasteiger partial charge in [0.2, 0.25) is 5.91 Å². The highest BCUT2D eigenvalue weighted by atomic mass is 79.9. The predicted octanol–water partition coefficient (Wildman–Crippen LogP) is 8.18. The first-order valence-electron chi connectivity index (χ1n) is 12.5. The highest BCUT2D eigenvalue weighted by molar-refractivity contribution is 9.10. The molecule has 2 rings (SSSR count). The molecule has 1 N–H and O–H groups in total. The first kappa shape index (κ1) is 27.1. The number of amides is 1. The SMILES string of the molecule is CCCCCCCCCCCCCC(=O)N/N=C/c1ccccc1OCc1ccc(Br)cc1. The van der Waals surface area contributed by atoms with Gasteiger partial charge in [-0.2, -0.15) is 5.10 Å². The van der Waals surface area contributed by atoms with Crippen LogP contribution in [0, 0.1) is 0 Å². The van der Waals surface area contributed by atoms with Crippen molar-refractivity contribution in [1.29, 1.82) is 0 Å². The van der Waals surface area contributed by atoms with Crippen LogP contribution in [0.4, 0.5) is 0 Å². The number of hydrazone groups is 1. The average Bonchev–Trinajstić information content (AvgIpc) is 2.83. The van der Waals surface area contributed by atoms with E-state index in [1.54, 1.807) is 6.21 Å². The third-order valence-electron chi connectivity index (χ3n) is 5.63. The fourth-order valence-electron chi connectivity index (χ4n) is 3.64. The van der Waals surface area contributed by atoms with Crippen LogP contribution in [-0.4, -0.2) is 12.1 Å². The minimum Gasteiger partial charge on any atom is -0.488 e. The van der Waals surface area contributed by atoms with Crippen molar-refractivity contribution in [3.63, 3.8) is 0 Å². The second-order valence-electron chi connectivity index (χ2n) is 8.53. The molecule has 180 valence electrons. The number of nitrogens with one attached hydrogen (secondary N) is 1. The molecule has 0 aliphatic heterocycles. The fraction of sp³-hybridized carbons (Fsp3) is 0.500. The number of carbonyl (C=O) groups excluding carboxylic acids is 1. The molecule has 0 radical (unpaired) electrons. The average molecular weight is 516 g/mol. The summed E-state index contributed by atoms with van der Waals surface area (Å²) in [6.45, 7) is 2.73. The van der Waals surface area contributed by atoms with Gasteiger partial charge in [0.05, 0.1) is 6.21 Å². The first-order valence-corrected chi connectivity index (χ1v) is 13.3. The minimum atomic E-state index is -0.0320. The summed E-state index contributed by atoms with van der Waals surface area (Å²) in [5.74, 6) is 0.708. The van der Waals surface area contributed by atoms with Gasteiger partial charge in [0.1, 0.15) is 12.4 Å². The second-order valence-corrected chi connectivity index (χ2v) is 9.45. The molecule has 5 heteroatoms. The Morgan fingerprint density at radius 1 is 0.879 bits per heavy atom. The van der Waals surface area contributed by atoms with E-state index < -0.39 is 0 Å². The number of rotatable bonds is 17. The number of nitrogens with zero attached hydrogens (tertiary/aromatic N) is 1. The van der Waals surface area contributed by atoms with Gasteiger partial charge in [-0.05, 0) is 36.2 Å². The number of ether oxygens (including phenoxy) is 1. The highest BCUT2D eigenvalue weighted by Crippen LogP contribution is 2.18. The third kappa shape index (κ3) is 12.6. The summed E-state index contributed by atoms with van der Waals surface area (Å²) in [6.07, 6.45) is 16.2. The Labute approximate surface area is 208 Å². The highest BCUT2D eigenvalue weighted by Gasteiger charge is 2.03. The quantitative estimate of drug-likeness (QED) is 0.131. The van der Waals surface area contributed by atoms with Crippen molar-refractivity contribution in [1.82, 2.24) is 5.43 Å². The van der Waals surface area contributed by atoms with Crippen LogP contribution in [0.5, 0.6) is 5.75 Å². The molecule has 0 aromatic heterocycles. The lowest BCUT2D eigenvalue weighted by molar-refractivity contribution is -0.121. The Balaban J connectivity index is 1.58. The molecule has 0 fully saturated rings. The van der Waals surface area contributed by atoms with E-state index in [4.69, 9.17) is 4.74 Å². The summed E-state index contributed by atoms with van der Waals surface area (Å²) in [6, 6.07) is 15.7. The van der Waals surface area contributed by atoms with Gasteiger partial charge in [0.15, 0.2) is 0 Å². The van der Waals surface area contributed by atoms with Gasteiger partial charge in [-0.1, -0.05) is 111 Å². The van der Waals surface area contributed by atoms with Crippen molar-refractivity contribution in [2.24, 2.45) is 5.10 Å². The Morgan fingerprint density at radius 2 is 1.48 bits per heavy atom. The van der Waals surface area contributed by atoms with Crippen molar-refractivity contribution >= 4 is 28.1 Å². The standard InChI is InChI=1S/C28H39BrN2O2/c1-2-3-4-5-6-7-8-9-10-11-12-17-28(32)31-30-22-25-15-13-14-16-27(25)33-23-24-18-20-26(29)21-19-24/h13-16,18-22H,2-12,17,23H2,1H3,(H,31,32)/b30-22+. The van der Waals surface area contributed by atoms with Crippen LogP contribution in [0.3, 0.4) is 0 Å². The van der Waals surface area contributed by atoms with E-state index in [9.17, 15) is 4.79 Å². The topological polar surface area (TPSA) is 50.7 Å². The van der Waals surface area contributed by atoms with E-state index in [-0.39, 0.29) is 5.91 Å². The Kier molecular flexibility index (Phi) is 14.3. The molecule has 1 amide bonds. The van der Waals surface area contributed by atoms with Crippen LogP contribution >= 0.6 is 15.9 Å². The molecule has 0 aliphatic carbocycles. The summed E-state index contributed by atoms with van der Waals surface area (Å²) >= 11 is 3.44. The molecule has 33 heavy (non-hydrogen) atoms. The molecule has 0 saturated heterocycles. The zero-order valence-corrected chi connectivity index (χ0v) is 21.6. The Bertz CT molecular complexity index is 821. The molecular formula is C28H39BrN2O2. The predicted molar refractivity (Wildman–Crippen MR) is 142 cm³/mol. The maximum Gasteiger partial charge on any atom is 0.240 e. The summed E-state index contributed by atoms with van der Waals surface area (Å²) < 4.78 is 6.99. The molecule has 0 aliphatic rings. The zero-order chi connectivity index (χ0) is 23.6. The molecule has 0 unspecified atom stereocenters. The molecule has 2 aromatic carbocycles. The maximum absolute atomic E-state index is 12.1. The number of halogens is 1. The number of carbonyl (C=O) groups is 1. The number of hydrogen-bond donors (Lipinski definition) is 1. The van der Waals surface area contributed by atoms with Crippen LogP contribution in [-0.2, 0) is 11.4 Å². The van der Waals surface area contributed by atoms with Crippen molar-refractivity contribution in [2.45, 2.75) is 90.6 Å². The van der Waals surface area contributed by atoms with Gasteiger partial charge in [-0.15, -0.1) is 0 Å². The van der Waals surface area contributed by atoms with Gasteiger partial charge >= 0.3 is 0 Å². The number of unbranched alkanes of at least 4 members (excludes halogenated alkanes) is 10. The Morgan fingerprint density at radius 3 is 2.15 bits per heavy atom. The van der Waals surface area contributed by atoms with Crippen molar-refractivity contribution in [2.75, 3.05) is 0 Å². The van der Waals surface area contributed by atoms with Crippen LogP contribution in [0.1, 0.15) is 95.1 Å². The van der Waals surface area contributed by atoms with Gasteiger partial charge in [0.25, 0.3) is 0 Å². The number of benzene rings is 2. The molecule has 0 heterocycles. The summed E-state index contributed by atoms with van der Waals surface area (Å²) in [5, 5.41) is 4.13. The van der Waals surface area contributed by atoms with Gasteiger partial charge in [-0.25, -0.2) is 5.43 Å². The smallest absolute Gasteiger partial charge is 0.240 e. The van der Waals surface area contributed by atoms with Crippen molar-refractivity contribution in [3.8, 4) is 5.75 Å². The van der Waals surface area contributed by atoms with Crippen LogP contribution < -0.4 is 10.2 Å². The lowest BCUT2D eigenvalue weighted by Gasteiger charge is -2.09. The normalized spacial score (nSPS) is 11.1. The van der Waals surface area contributed by atoms with E-state index >= 15 is 0 Å². The molecule has 0 spiro atoms. The van der Waals surface area contributed by atoms with Crippen molar-refractivity contribution in [3.05, 3.63) is 64.1 Å². The van der Waals surface area contributed by atoms with Crippen LogP contribution in [0.15, 0.2) is 58.1 Å². The Hall–Kier alpha value is -2.14. The summed E-state index contributed by atoms with van der Waals surface area (Å²) in [7, 11) is 0. The van der Waals surface area contributed by atoms with Crippen molar-refractivity contribution < 1.29 is 9.53 Å². The van der Waals surface area contributed by atoms with E-state index in [0.29, 0.717) is 13.0 Å². The fourth-order valence-corrected chi connectivity index (χ4v) is 3.90. The second kappa shape index (κ2) is 17.4. The van der Waals surface area contributed by atoms with Crippen LogP contribution in [0.25, 0.3) is 0 Å². The third-order valence-corrected chi connectivity index (χ3v) is 6.16. The summed E-state index contributed by atoms with van der Waals surface area (Å²) in [5.41, 5.74) is 4.57. The van der Waals surface area contributed by atoms with E-state index in [1.807, 2.05) is 48.5 Å². The zero-order valence-electron chi connectivity index (χ0n) is 20.0. The summed E-state index contributed by atoms with van der Waals surface area (Å²) in [4.78, 5) is 12.1. The van der Waals surface area contributed by atoms with E-state index in [0.717, 1.165) is 34.2 Å². The largest absolute Gasteiger partial charge is 0.488 e. The van der Waals surface area contributed by atoms with Gasteiger partial charge in [-0.3, -0.25) is 4.79 Å². The van der Waals surface area contributed by atoms with Gasteiger partial charge in [0, 0.05) is 16.5 Å². The number of hydrogen-bond acceptors (Lipinski definition) is 3. The van der Waals surface area contributed by atoms with Crippen LogP contribution in [0.2, 0.25) is 0 Å². The molecular weight excluding hydrogens is 476 g/mol. The molecule has 0 saturated carbocycles. The van der Waals surface area contributed by atoms with E-state index in [1.165, 1.54) is 57.8 Å². The number of para-hydroxylation sites is 1. The minimum absolute atomic E-state index is 0.0320. The lowest BCUT2D eigenvalue weighted by Crippen LogP contribution is -2.17.